The van der Waals surface area contributed by atoms with Crippen molar-refractivity contribution in [2.45, 2.75) is 25.7 Å². The summed E-state index contributed by atoms with van der Waals surface area (Å²) < 4.78 is 4.76. The van der Waals surface area contributed by atoms with Gasteiger partial charge in [0.15, 0.2) is 0 Å². The van der Waals surface area contributed by atoms with Gasteiger partial charge in [-0.3, -0.25) is 4.98 Å². The lowest BCUT2D eigenvalue weighted by Crippen LogP contribution is -2.22. The lowest BCUT2D eigenvalue weighted by Gasteiger charge is -2.31. The van der Waals surface area contributed by atoms with Gasteiger partial charge in [0.05, 0.1) is 16.6 Å². The molecule has 0 aliphatic heterocycles. The second kappa shape index (κ2) is 13.8. The van der Waals surface area contributed by atoms with Crippen LogP contribution in [0, 0.1) is 0 Å². The summed E-state index contributed by atoms with van der Waals surface area (Å²) in [7, 11) is 0. The van der Waals surface area contributed by atoms with E-state index in [9.17, 15) is 0 Å². The maximum atomic E-state index is 4.72. The molecule has 0 amide bonds. The van der Waals surface area contributed by atoms with Gasteiger partial charge in [-0.2, -0.15) is 0 Å². The van der Waals surface area contributed by atoms with E-state index in [1.165, 1.54) is 38.3 Å². The molecule has 10 rings (SSSR count). The third kappa shape index (κ3) is 5.89. The van der Waals surface area contributed by atoms with Crippen molar-refractivity contribution in [1.29, 1.82) is 0 Å². The highest BCUT2D eigenvalue weighted by molar-refractivity contribution is 6.18. The molecule has 0 N–H and O–H groups in total. The smallest absolute Gasteiger partial charge is 0.0788 e. The maximum Gasteiger partial charge on any atom is 0.0788 e. The Morgan fingerprint density at radius 3 is 2.16 bits per heavy atom. The number of pyridine rings is 1. The molecule has 0 unspecified atom stereocenters. The average Bonchev–Trinajstić information content (AvgIpc) is 3.85. The molecule has 0 fully saturated rings. The number of anilines is 2. The summed E-state index contributed by atoms with van der Waals surface area (Å²) in [6, 6.07) is 56.8. The Labute approximate surface area is 333 Å². The van der Waals surface area contributed by atoms with Gasteiger partial charge in [-0.15, -0.1) is 0 Å². The molecule has 4 nitrogen and oxygen atoms in total. The molecular formula is C53H42N4. The second-order valence-electron chi connectivity index (χ2n) is 15.4. The summed E-state index contributed by atoms with van der Waals surface area (Å²) in [6.07, 6.45) is 13.6. The van der Waals surface area contributed by atoms with Crippen molar-refractivity contribution in [3.63, 3.8) is 0 Å². The van der Waals surface area contributed by atoms with E-state index in [-0.39, 0.29) is 5.41 Å². The van der Waals surface area contributed by atoms with Crippen LogP contribution < -0.4 is 4.90 Å². The fraction of sp³-hybridized carbons (Fsp3) is 0.0755. The van der Waals surface area contributed by atoms with Crippen molar-refractivity contribution in [2.75, 3.05) is 4.90 Å². The van der Waals surface area contributed by atoms with Gasteiger partial charge in [-0.25, -0.2) is 0 Å². The van der Waals surface area contributed by atoms with Crippen LogP contribution in [-0.4, -0.2) is 14.1 Å². The minimum absolute atomic E-state index is 0.268. The van der Waals surface area contributed by atoms with Crippen LogP contribution in [0.15, 0.2) is 212 Å². The molecule has 6 aromatic carbocycles. The number of nitrogens with zero attached hydrogens (tertiary/aromatic N) is 4. The van der Waals surface area contributed by atoms with Crippen LogP contribution in [0.1, 0.15) is 25.0 Å². The van der Waals surface area contributed by atoms with E-state index >= 15 is 0 Å². The standard InChI is InChI=1S/C53H42N4/c1-37-34-45(21-12-15-39-14-10-11-22-49(39)53(37,2)3)56(44-26-23-38(24-27-44)41-16-13-32-54-36-41)46-28-30-50-48(35-46)47-29-25-40-31-33-55(42-17-6-4-7-18-42)51(40)52(47)57(50)43-19-8-5-9-20-43/h4-14,16-36H,1,15H2,2-3H3/b21-12-,45-34+. The van der Waals surface area contributed by atoms with Crippen LogP contribution in [0.25, 0.3) is 55.2 Å². The highest BCUT2D eigenvalue weighted by atomic mass is 15.1. The number of para-hydroxylation sites is 2. The molecule has 0 saturated heterocycles. The maximum absolute atomic E-state index is 4.72. The first kappa shape index (κ1) is 34.3. The highest BCUT2D eigenvalue weighted by Gasteiger charge is 2.28. The van der Waals surface area contributed by atoms with Crippen LogP contribution in [0.5, 0.6) is 0 Å². The average molecular weight is 735 g/mol. The van der Waals surface area contributed by atoms with Crippen LogP contribution in [0.2, 0.25) is 0 Å². The Morgan fingerprint density at radius 1 is 0.649 bits per heavy atom. The quantitative estimate of drug-likeness (QED) is 0.170. The molecule has 0 atom stereocenters. The number of benzene rings is 6. The predicted molar refractivity (Wildman–Crippen MR) is 239 cm³/mol. The first-order chi connectivity index (χ1) is 28.0. The van der Waals surface area contributed by atoms with Crippen molar-refractivity contribution in [3.05, 3.63) is 224 Å². The summed E-state index contributed by atoms with van der Waals surface area (Å²) in [5, 5.41) is 3.58. The molecule has 3 aromatic heterocycles. The number of hydrogen-bond acceptors (Lipinski definition) is 2. The molecule has 4 heteroatoms. The Bertz CT molecular complexity index is 3000. The van der Waals surface area contributed by atoms with Crippen LogP contribution in [-0.2, 0) is 11.8 Å². The molecule has 57 heavy (non-hydrogen) atoms. The Kier molecular flexibility index (Phi) is 8.34. The largest absolute Gasteiger partial charge is 0.315 e. The van der Waals surface area contributed by atoms with Gasteiger partial charge in [0.25, 0.3) is 0 Å². The minimum atomic E-state index is -0.268. The van der Waals surface area contributed by atoms with Crippen molar-refractivity contribution in [2.24, 2.45) is 0 Å². The van der Waals surface area contributed by atoms with Crippen molar-refractivity contribution >= 4 is 44.1 Å². The topological polar surface area (TPSA) is 26.0 Å². The van der Waals surface area contributed by atoms with E-state index in [0.717, 1.165) is 57.1 Å². The van der Waals surface area contributed by atoms with E-state index in [1.807, 2.05) is 18.5 Å². The molecule has 1 aliphatic carbocycles. The van der Waals surface area contributed by atoms with Crippen LogP contribution in [0.4, 0.5) is 11.4 Å². The number of hydrogen-bond donors (Lipinski definition) is 0. The molecule has 0 bridgehead atoms. The second-order valence-corrected chi connectivity index (χ2v) is 15.4. The summed E-state index contributed by atoms with van der Waals surface area (Å²) in [4.78, 5) is 6.77. The number of fused-ring (bicyclic) bond motifs is 6. The third-order valence-corrected chi connectivity index (χ3v) is 11.7. The fourth-order valence-corrected chi connectivity index (χ4v) is 8.62. The minimum Gasteiger partial charge on any atom is -0.315 e. The Hall–Kier alpha value is -7.17. The van der Waals surface area contributed by atoms with Crippen LogP contribution in [0.3, 0.4) is 0 Å². The predicted octanol–water partition coefficient (Wildman–Crippen LogP) is 13.5. The number of rotatable bonds is 6. The molecule has 0 radical (unpaired) electrons. The molecule has 274 valence electrons. The summed E-state index contributed by atoms with van der Waals surface area (Å²) >= 11 is 0. The van der Waals surface area contributed by atoms with E-state index in [4.69, 9.17) is 6.58 Å². The third-order valence-electron chi connectivity index (χ3n) is 11.7. The molecular weight excluding hydrogens is 693 g/mol. The first-order valence-corrected chi connectivity index (χ1v) is 19.6. The molecule has 9 aromatic rings. The van der Waals surface area contributed by atoms with E-state index < -0.39 is 0 Å². The zero-order chi connectivity index (χ0) is 38.5. The normalized spacial score (nSPS) is 15.4. The fourth-order valence-electron chi connectivity index (χ4n) is 8.62. The van der Waals surface area contributed by atoms with Crippen molar-refractivity contribution in [3.8, 4) is 22.5 Å². The van der Waals surface area contributed by atoms with Gasteiger partial charge in [0.2, 0.25) is 0 Å². The van der Waals surface area contributed by atoms with Gasteiger partial charge in [0, 0.05) is 68.6 Å². The highest BCUT2D eigenvalue weighted by Crippen LogP contribution is 2.43. The van der Waals surface area contributed by atoms with Crippen LogP contribution >= 0.6 is 0 Å². The van der Waals surface area contributed by atoms with E-state index in [2.05, 4.69) is 209 Å². The first-order valence-electron chi connectivity index (χ1n) is 19.6. The summed E-state index contributed by atoms with van der Waals surface area (Å²) in [6.45, 7) is 9.30. The number of aromatic nitrogens is 3. The molecule has 3 heterocycles. The van der Waals surface area contributed by atoms with Gasteiger partial charge in [0.1, 0.15) is 0 Å². The molecule has 0 saturated carbocycles. The summed E-state index contributed by atoms with van der Waals surface area (Å²) in [5.74, 6) is 0. The zero-order valence-electron chi connectivity index (χ0n) is 32.2. The molecule has 0 spiro atoms. The Balaban J connectivity index is 1.22. The van der Waals surface area contributed by atoms with Gasteiger partial charge >= 0.3 is 0 Å². The monoisotopic (exact) mass is 734 g/mol. The Morgan fingerprint density at radius 2 is 1.39 bits per heavy atom. The van der Waals surface area contributed by atoms with Gasteiger partial charge < -0.3 is 14.0 Å². The molecule has 1 aliphatic rings. The van der Waals surface area contributed by atoms with E-state index in [0.29, 0.717) is 0 Å². The van der Waals surface area contributed by atoms with Gasteiger partial charge in [-0.1, -0.05) is 117 Å². The van der Waals surface area contributed by atoms with Crippen molar-refractivity contribution < 1.29 is 0 Å². The van der Waals surface area contributed by atoms with Gasteiger partial charge in [-0.05, 0) is 113 Å². The summed E-state index contributed by atoms with van der Waals surface area (Å²) in [5.41, 5.74) is 14.6. The zero-order valence-corrected chi connectivity index (χ0v) is 32.2. The lowest BCUT2D eigenvalue weighted by atomic mass is 9.75. The lowest BCUT2D eigenvalue weighted by molar-refractivity contribution is 0.634. The van der Waals surface area contributed by atoms with E-state index in [1.54, 1.807) is 0 Å². The van der Waals surface area contributed by atoms with Crippen molar-refractivity contribution in [1.82, 2.24) is 14.1 Å². The SMILES string of the molecule is C=C1/C=C(N(c2ccc(-c3cccnc3)cc2)c2ccc3c(c2)c2ccc4ccn(-c5ccccc5)c4c2n3-c2ccccc2)\C=C/Cc2ccccc2C1(C)C. The number of allylic oxidation sites excluding steroid dienone is 4.